The fourth-order valence-electron chi connectivity index (χ4n) is 2.08. The van der Waals surface area contributed by atoms with Crippen LogP contribution in [-0.2, 0) is 11.3 Å². The number of rotatable bonds is 6. The van der Waals surface area contributed by atoms with Crippen molar-refractivity contribution in [2.75, 3.05) is 25.5 Å². The Morgan fingerprint density at radius 1 is 1.24 bits per heavy atom. The number of hydrogen-bond acceptors (Lipinski definition) is 3. The third-order valence-corrected chi connectivity index (χ3v) is 4.91. The van der Waals surface area contributed by atoms with Gasteiger partial charge in [0.2, 0.25) is 0 Å². The third kappa shape index (κ3) is 6.59. The van der Waals surface area contributed by atoms with E-state index in [0.29, 0.717) is 23.4 Å². The van der Waals surface area contributed by atoms with Crippen LogP contribution in [0.15, 0.2) is 24.3 Å². The molecule has 1 fully saturated rings. The average molecular weight is 329 g/mol. The summed E-state index contributed by atoms with van der Waals surface area (Å²) < 4.78 is 5.32. The highest BCUT2D eigenvalue weighted by molar-refractivity contribution is 7.99. The van der Waals surface area contributed by atoms with Gasteiger partial charge < -0.3 is 15.4 Å². The number of urea groups is 1. The molecule has 2 rings (SSSR count). The highest BCUT2D eigenvalue weighted by Crippen LogP contribution is 2.21. The van der Waals surface area contributed by atoms with Crippen LogP contribution in [0.3, 0.4) is 0 Å². The van der Waals surface area contributed by atoms with Crippen LogP contribution in [0.2, 0.25) is 5.02 Å². The number of ether oxygens (including phenoxy) is 1. The molecule has 1 aliphatic heterocycles. The predicted molar refractivity (Wildman–Crippen MR) is 88.0 cm³/mol. The van der Waals surface area contributed by atoms with E-state index in [1.165, 1.54) is 0 Å². The van der Waals surface area contributed by atoms with Crippen molar-refractivity contribution in [3.63, 3.8) is 0 Å². The smallest absolute Gasteiger partial charge is 0.315 e. The predicted octanol–water partition coefficient (Wildman–Crippen LogP) is 3.05. The minimum Gasteiger partial charge on any atom is -0.381 e. The minimum absolute atomic E-state index is 0.127. The van der Waals surface area contributed by atoms with Crippen LogP contribution < -0.4 is 10.6 Å². The summed E-state index contributed by atoms with van der Waals surface area (Å²) in [6, 6.07) is 7.33. The van der Waals surface area contributed by atoms with Crippen LogP contribution in [0.5, 0.6) is 0 Å². The first kappa shape index (κ1) is 16.5. The lowest BCUT2D eigenvalue weighted by Gasteiger charge is -2.21. The Bertz CT molecular complexity index is 436. The molecule has 116 valence electrons. The Balaban J connectivity index is 1.54. The van der Waals surface area contributed by atoms with Gasteiger partial charge in [0.05, 0.1) is 0 Å². The van der Waals surface area contributed by atoms with E-state index in [-0.39, 0.29) is 6.03 Å². The molecule has 1 aromatic carbocycles. The molecule has 1 aliphatic rings. The second-order valence-electron chi connectivity index (χ2n) is 4.92. The van der Waals surface area contributed by atoms with Crippen molar-refractivity contribution < 1.29 is 9.53 Å². The van der Waals surface area contributed by atoms with Crippen LogP contribution in [-0.4, -0.2) is 36.8 Å². The molecule has 2 amide bonds. The lowest BCUT2D eigenvalue weighted by molar-refractivity contribution is 0.100. The van der Waals surface area contributed by atoms with Crippen molar-refractivity contribution in [3.8, 4) is 0 Å². The highest BCUT2D eigenvalue weighted by Gasteiger charge is 2.13. The molecule has 1 aromatic rings. The molecule has 0 saturated carbocycles. The molecule has 0 bridgehead atoms. The SMILES string of the molecule is O=C(NCCSC1CCOCC1)NCc1ccc(Cl)cc1. The molecule has 0 aromatic heterocycles. The van der Waals surface area contributed by atoms with Crippen LogP contribution in [0, 0.1) is 0 Å². The fraction of sp³-hybridized carbons (Fsp3) is 0.533. The van der Waals surface area contributed by atoms with E-state index >= 15 is 0 Å². The van der Waals surface area contributed by atoms with Gasteiger partial charge in [-0.15, -0.1) is 0 Å². The number of carbonyl (C=O) groups is 1. The van der Waals surface area contributed by atoms with Gasteiger partial charge in [-0.1, -0.05) is 23.7 Å². The van der Waals surface area contributed by atoms with Crippen LogP contribution >= 0.6 is 23.4 Å². The Morgan fingerprint density at radius 3 is 2.67 bits per heavy atom. The number of benzene rings is 1. The van der Waals surface area contributed by atoms with Gasteiger partial charge in [0.1, 0.15) is 0 Å². The molecular weight excluding hydrogens is 308 g/mol. The van der Waals surface area contributed by atoms with Crippen LogP contribution in [0.4, 0.5) is 4.79 Å². The summed E-state index contributed by atoms with van der Waals surface area (Å²) in [5.41, 5.74) is 1.03. The molecule has 0 unspecified atom stereocenters. The minimum atomic E-state index is -0.127. The standard InChI is InChI=1S/C15H21ClN2O2S/c16-13-3-1-12(2-4-13)11-18-15(19)17-7-10-21-14-5-8-20-9-6-14/h1-4,14H,5-11H2,(H2,17,18,19). The van der Waals surface area contributed by atoms with Gasteiger partial charge in [0.25, 0.3) is 0 Å². The largest absolute Gasteiger partial charge is 0.381 e. The molecule has 2 N–H and O–H groups in total. The van der Waals surface area contributed by atoms with Crippen LogP contribution in [0.1, 0.15) is 18.4 Å². The summed E-state index contributed by atoms with van der Waals surface area (Å²) in [4.78, 5) is 11.7. The van der Waals surface area contributed by atoms with E-state index in [1.54, 1.807) is 0 Å². The highest BCUT2D eigenvalue weighted by atomic mass is 35.5. The molecule has 0 atom stereocenters. The maximum Gasteiger partial charge on any atom is 0.315 e. The number of amides is 2. The summed E-state index contributed by atoms with van der Waals surface area (Å²) in [6.07, 6.45) is 2.24. The van der Waals surface area contributed by atoms with E-state index in [9.17, 15) is 4.79 Å². The Hall–Kier alpha value is -0.910. The summed E-state index contributed by atoms with van der Waals surface area (Å²) in [7, 11) is 0. The lowest BCUT2D eigenvalue weighted by Crippen LogP contribution is -2.36. The van der Waals surface area contributed by atoms with E-state index in [2.05, 4.69) is 10.6 Å². The Labute approximate surface area is 135 Å². The molecule has 4 nitrogen and oxygen atoms in total. The zero-order valence-corrected chi connectivity index (χ0v) is 13.5. The topological polar surface area (TPSA) is 50.4 Å². The van der Waals surface area contributed by atoms with Crippen molar-refractivity contribution in [1.82, 2.24) is 10.6 Å². The van der Waals surface area contributed by atoms with Gasteiger partial charge in [-0.05, 0) is 30.5 Å². The molecule has 0 spiro atoms. The second-order valence-corrected chi connectivity index (χ2v) is 6.76. The van der Waals surface area contributed by atoms with Crippen molar-refractivity contribution in [2.45, 2.75) is 24.6 Å². The third-order valence-electron chi connectivity index (χ3n) is 3.28. The number of hydrogen-bond donors (Lipinski definition) is 2. The quantitative estimate of drug-likeness (QED) is 0.789. The van der Waals surface area contributed by atoms with Gasteiger partial charge in [-0.25, -0.2) is 4.79 Å². The van der Waals surface area contributed by atoms with Gasteiger partial charge in [-0.3, -0.25) is 0 Å². The number of thioether (sulfide) groups is 1. The maximum absolute atomic E-state index is 11.7. The molecule has 0 aliphatic carbocycles. The van der Waals surface area contributed by atoms with Gasteiger partial charge in [-0.2, -0.15) is 11.8 Å². The summed E-state index contributed by atoms with van der Waals surface area (Å²) >= 11 is 7.73. The van der Waals surface area contributed by atoms with Crippen LogP contribution in [0.25, 0.3) is 0 Å². The molecule has 1 saturated heterocycles. The summed E-state index contributed by atoms with van der Waals surface area (Å²) in [5.74, 6) is 0.943. The maximum atomic E-state index is 11.7. The zero-order valence-electron chi connectivity index (χ0n) is 11.9. The Kier molecular flexibility index (Phi) is 7.19. The molecular formula is C15H21ClN2O2S. The molecule has 6 heteroatoms. The first-order valence-electron chi connectivity index (χ1n) is 7.19. The van der Waals surface area contributed by atoms with E-state index in [1.807, 2.05) is 36.0 Å². The molecule has 21 heavy (non-hydrogen) atoms. The van der Waals surface area contributed by atoms with Crippen molar-refractivity contribution in [1.29, 1.82) is 0 Å². The average Bonchev–Trinajstić information content (AvgIpc) is 2.52. The normalized spacial score (nSPS) is 15.7. The monoisotopic (exact) mass is 328 g/mol. The van der Waals surface area contributed by atoms with Gasteiger partial charge in [0, 0.05) is 42.3 Å². The first-order chi connectivity index (χ1) is 10.2. The van der Waals surface area contributed by atoms with E-state index < -0.39 is 0 Å². The number of carbonyl (C=O) groups excluding carboxylic acids is 1. The van der Waals surface area contributed by atoms with E-state index in [0.717, 1.165) is 37.4 Å². The number of halogens is 1. The lowest BCUT2D eigenvalue weighted by atomic mass is 10.2. The molecule has 0 radical (unpaired) electrons. The number of nitrogens with one attached hydrogen (secondary N) is 2. The Morgan fingerprint density at radius 2 is 1.95 bits per heavy atom. The summed E-state index contributed by atoms with van der Waals surface area (Å²) in [6.45, 7) is 2.93. The van der Waals surface area contributed by atoms with Crippen molar-refractivity contribution in [2.24, 2.45) is 0 Å². The van der Waals surface area contributed by atoms with Gasteiger partial charge >= 0.3 is 6.03 Å². The first-order valence-corrected chi connectivity index (χ1v) is 8.62. The zero-order chi connectivity index (χ0) is 14.9. The van der Waals surface area contributed by atoms with Crippen molar-refractivity contribution in [3.05, 3.63) is 34.9 Å². The van der Waals surface area contributed by atoms with Crippen molar-refractivity contribution >= 4 is 29.4 Å². The second kappa shape index (κ2) is 9.18. The molecule has 1 heterocycles. The fourth-order valence-corrected chi connectivity index (χ4v) is 3.28. The van der Waals surface area contributed by atoms with Gasteiger partial charge in [0.15, 0.2) is 0 Å². The summed E-state index contributed by atoms with van der Waals surface area (Å²) in [5, 5.41) is 7.09. The van der Waals surface area contributed by atoms with E-state index in [4.69, 9.17) is 16.3 Å².